The maximum absolute atomic E-state index is 11.8. The second kappa shape index (κ2) is 6.99. The van der Waals surface area contributed by atoms with E-state index < -0.39 is 0 Å². The minimum Gasteiger partial charge on any atom is -0.397 e. The molecule has 0 aromatic heterocycles. The van der Waals surface area contributed by atoms with Crippen LogP contribution in [0.3, 0.4) is 0 Å². The van der Waals surface area contributed by atoms with E-state index in [1.807, 2.05) is 31.2 Å². The number of carbonyl (C=O) groups is 1. The van der Waals surface area contributed by atoms with Crippen LogP contribution in [0.4, 0.5) is 11.4 Å². The van der Waals surface area contributed by atoms with Gasteiger partial charge in [0.25, 0.3) is 5.91 Å². The Hall–Kier alpha value is -2.20. The van der Waals surface area contributed by atoms with Crippen molar-refractivity contribution in [2.45, 2.75) is 13.5 Å². The summed E-state index contributed by atoms with van der Waals surface area (Å²) in [5.41, 5.74) is 8.80. The Labute approximate surface area is 129 Å². The van der Waals surface area contributed by atoms with Crippen LogP contribution in [0.15, 0.2) is 42.5 Å². The summed E-state index contributed by atoms with van der Waals surface area (Å²) in [7, 11) is 0. The number of nitrogens with one attached hydrogen (secondary N) is 2. The lowest BCUT2D eigenvalue weighted by Crippen LogP contribution is -2.22. The zero-order chi connectivity index (χ0) is 15.2. The van der Waals surface area contributed by atoms with Gasteiger partial charge < -0.3 is 16.4 Å². The third-order valence-electron chi connectivity index (χ3n) is 3.08. The highest BCUT2D eigenvalue weighted by Crippen LogP contribution is 2.22. The number of nitrogen functional groups attached to an aromatic ring is 1. The molecule has 21 heavy (non-hydrogen) atoms. The fraction of sp³-hybridized carbons (Fsp3) is 0.188. The fourth-order valence-corrected chi connectivity index (χ4v) is 2.15. The highest BCUT2D eigenvalue weighted by Gasteiger charge is 2.08. The van der Waals surface area contributed by atoms with Gasteiger partial charge >= 0.3 is 0 Å². The number of hydrogen-bond donors (Lipinski definition) is 3. The molecule has 0 aliphatic heterocycles. The smallest absolute Gasteiger partial charge is 0.251 e. The van der Waals surface area contributed by atoms with E-state index in [1.54, 1.807) is 18.2 Å². The highest BCUT2D eigenvalue weighted by molar-refractivity contribution is 6.31. The lowest BCUT2D eigenvalue weighted by molar-refractivity contribution is 0.0956. The lowest BCUT2D eigenvalue weighted by Gasteiger charge is -2.12. The molecule has 110 valence electrons. The Bertz CT molecular complexity index is 643. The van der Waals surface area contributed by atoms with Crippen LogP contribution in [0.5, 0.6) is 0 Å². The molecule has 0 fully saturated rings. The van der Waals surface area contributed by atoms with E-state index in [0.717, 1.165) is 11.3 Å². The van der Waals surface area contributed by atoms with Crippen molar-refractivity contribution in [3.05, 3.63) is 58.6 Å². The fourth-order valence-electron chi connectivity index (χ4n) is 1.95. The molecule has 2 rings (SSSR count). The van der Waals surface area contributed by atoms with E-state index in [4.69, 9.17) is 17.3 Å². The molecule has 0 spiro atoms. The van der Waals surface area contributed by atoms with Crippen molar-refractivity contribution in [3.63, 3.8) is 0 Å². The normalized spacial score (nSPS) is 10.2. The third kappa shape index (κ3) is 3.89. The van der Waals surface area contributed by atoms with Gasteiger partial charge in [-0.1, -0.05) is 29.8 Å². The summed E-state index contributed by atoms with van der Waals surface area (Å²) in [5.74, 6) is -0.113. The largest absolute Gasteiger partial charge is 0.397 e. The number of nitrogens with two attached hydrogens (primary N) is 1. The molecule has 2 aromatic rings. The van der Waals surface area contributed by atoms with Crippen LogP contribution in [-0.2, 0) is 6.54 Å². The first-order valence-electron chi connectivity index (χ1n) is 6.76. The molecule has 1 amide bonds. The van der Waals surface area contributed by atoms with Crippen molar-refractivity contribution in [1.29, 1.82) is 0 Å². The Morgan fingerprint density at radius 3 is 2.71 bits per heavy atom. The molecule has 0 aliphatic rings. The summed E-state index contributed by atoms with van der Waals surface area (Å²) < 4.78 is 0. The number of benzene rings is 2. The van der Waals surface area contributed by atoms with Crippen molar-refractivity contribution in [3.8, 4) is 0 Å². The van der Waals surface area contributed by atoms with Gasteiger partial charge in [-0.15, -0.1) is 0 Å². The summed E-state index contributed by atoms with van der Waals surface area (Å²) in [5, 5.41) is 6.68. The monoisotopic (exact) mass is 303 g/mol. The first-order valence-corrected chi connectivity index (χ1v) is 7.14. The Balaban J connectivity index is 2.14. The van der Waals surface area contributed by atoms with Crippen LogP contribution >= 0.6 is 11.6 Å². The van der Waals surface area contributed by atoms with Crippen LogP contribution in [0.1, 0.15) is 22.8 Å². The molecule has 0 bridgehead atoms. The van der Waals surface area contributed by atoms with Crippen LogP contribution in [0.2, 0.25) is 5.02 Å². The average Bonchev–Trinajstić information content (AvgIpc) is 2.48. The average molecular weight is 304 g/mol. The van der Waals surface area contributed by atoms with Gasteiger partial charge in [-0.2, -0.15) is 0 Å². The number of carbonyl (C=O) groups excluding carboxylic acids is 1. The van der Waals surface area contributed by atoms with Crippen molar-refractivity contribution in [1.82, 2.24) is 5.32 Å². The molecule has 4 nitrogen and oxygen atoms in total. The molecular formula is C16H18ClN3O. The van der Waals surface area contributed by atoms with Gasteiger partial charge in [0.1, 0.15) is 0 Å². The molecule has 0 atom stereocenters. The Kier molecular flexibility index (Phi) is 5.06. The maximum Gasteiger partial charge on any atom is 0.251 e. The molecule has 0 unspecified atom stereocenters. The second-order valence-corrected chi connectivity index (χ2v) is 5.01. The first-order chi connectivity index (χ1) is 10.1. The molecule has 0 radical (unpaired) electrons. The molecule has 0 saturated carbocycles. The standard InChI is InChI=1S/C16H18ClN3O/c1-2-19-16(21)11-7-8-14(18)15(9-11)20-10-12-5-3-4-6-13(12)17/h3-9,20H,2,10,18H2,1H3,(H,19,21). The summed E-state index contributed by atoms with van der Waals surface area (Å²) in [6, 6.07) is 12.8. The van der Waals surface area contributed by atoms with Crippen molar-refractivity contribution in [2.75, 3.05) is 17.6 Å². The van der Waals surface area contributed by atoms with Gasteiger partial charge in [-0.3, -0.25) is 4.79 Å². The number of rotatable bonds is 5. The Morgan fingerprint density at radius 2 is 2.00 bits per heavy atom. The number of anilines is 2. The van der Waals surface area contributed by atoms with Crippen molar-refractivity contribution in [2.24, 2.45) is 0 Å². The second-order valence-electron chi connectivity index (χ2n) is 4.61. The summed E-state index contributed by atoms with van der Waals surface area (Å²) in [6.45, 7) is 3.01. The predicted octanol–water partition coefficient (Wildman–Crippen LogP) is 3.28. The summed E-state index contributed by atoms with van der Waals surface area (Å²) in [6.07, 6.45) is 0. The number of halogens is 1. The van der Waals surface area contributed by atoms with Crippen LogP contribution in [-0.4, -0.2) is 12.5 Å². The highest BCUT2D eigenvalue weighted by atomic mass is 35.5. The van der Waals surface area contributed by atoms with Crippen LogP contribution in [0.25, 0.3) is 0 Å². The van der Waals surface area contributed by atoms with Crippen molar-refractivity contribution < 1.29 is 4.79 Å². The van der Waals surface area contributed by atoms with Crippen LogP contribution < -0.4 is 16.4 Å². The number of amides is 1. The zero-order valence-corrected chi connectivity index (χ0v) is 12.6. The molecule has 2 aromatic carbocycles. The van der Waals surface area contributed by atoms with Gasteiger partial charge in [0, 0.05) is 23.7 Å². The van der Waals surface area contributed by atoms with Gasteiger partial charge in [0.15, 0.2) is 0 Å². The van der Waals surface area contributed by atoms with Gasteiger partial charge in [0.05, 0.1) is 11.4 Å². The van der Waals surface area contributed by atoms with Crippen LogP contribution in [0, 0.1) is 0 Å². The third-order valence-corrected chi connectivity index (χ3v) is 3.45. The van der Waals surface area contributed by atoms with Gasteiger partial charge in [-0.05, 0) is 36.8 Å². The molecule has 0 aliphatic carbocycles. The van der Waals surface area contributed by atoms with Gasteiger partial charge in [0.2, 0.25) is 0 Å². The minimum atomic E-state index is -0.113. The van der Waals surface area contributed by atoms with E-state index >= 15 is 0 Å². The number of hydrogen-bond acceptors (Lipinski definition) is 3. The SMILES string of the molecule is CCNC(=O)c1ccc(N)c(NCc2ccccc2Cl)c1. The summed E-state index contributed by atoms with van der Waals surface area (Å²) >= 11 is 6.12. The first kappa shape index (κ1) is 15.2. The zero-order valence-electron chi connectivity index (χ0n) is 11.8. The quantitative estimate of drug-likeness (QED) is 0.743. The van der Waals surface area contributed by atoms with E-state index in [1.165, 1.54) is 0 Å². The Morgan fingerprint density at radius 1 is 1.24 bits per heavy atom. The minimum absolute atomic E-state index is 0.113. The molecular weight excluding hydrogens is 286 g/mol. The van der Waals surface area contributed by atoms with Gasteiger partial charge in [-0.25, -0.2) is 0 Å². The lowest BCUT2D eigenvalue weighted by atomic mass is 10.1. The van der Waals surface area contributed by atoms with E-state index in [2.05, 4.69) is 10.6 Å². The predicted molar refractivity (Wildman–Crippen MR) is 87.6 cm³/mol. The van der Waals surface area contributed by atoms with Crippen molar-refractivity contribution >= 4 is 28.9 Å². The summed E-state index contributed by atoms with van der Waals surface area (Å²) in [4.78, 5) is 11.8. The molecule has 4 N–H and O–H groups in total. The molecule has 0 saturated heterocycles. The van der Waals surface area contributed by atoms with E-state index in [0.29, 0.717) is 29.4 Å². The topological polar surface area (TPSA) is 67.2 Å². The van der Waals surface area contributed by atoms with E-state index in [-0.39, 0.29) is 5.91 Å². The molecule has 0 heterocycles. The van der Waals surface area contributed by atoms with E-state index in [9.17, 15) is 4.79 Å². The maximum atomic E-state index is 11.8. The molecule has 5 heteroatoms.